The van der Waals surface area contributed by atoms with Gasteiger partial charge in [-0.1, -0.05) is 6.07 Å². The van der Waals surface area contributed by atoms with Crippen molar-refractivity contribution in [2.75, 3.05) is 11.9 Å². The lowest BCUT2D eigenvalue weighted by molar-refractivity contribution is 0.0950. The highest BCUT2D eigenvalue weighted by Gasteiger charge is 2.34. The second kappa shape index (κ2) is 9.28. The molecule has 0 saturated carbocycles. The zero-order valence-electron chi connectivity index (χ0n) is 18.8. The Balaban J connectivity index is 1.64. The smallest absolute Gasteiger partial charge is 0.325 e. The van der Waals surface area contributed by atoms with E-state index in [1.54, 1.807) is 20.0 Å². The first-order valence-electron chi connectivity index (χ1n) is 10.6. The number of amides is 3. The van der Waals surface area contributed by atoms with Crippen LogP contribution >= 0.6 is 0 Å². The Morgan fingerprint density at radius 2 is 1.69 bits per heavy atom. The van der Waals surface area contributed by atoms with E-state index >= 15 is 0 Å². The molecule has 1 aliphatic rings. The summed E-state index contributed by atoms with van der Waals surface area (Å²) >= 11 is 0. The maximum absolute atomic E-state index is 14.3. The molecule has 0 aromatic heterocycles. The fraction of sp³-hybridized carbons (Fsp3) is 0.200. The lowest BCUT2D eigenvalue weighted by Crippen LogP contribution is -2.46. The summed E-state index contributed by atoms with van der Waals surface area (Å²) in [5, 5.41) is 12.1. The van der Waals surface area contributed by atoms with E-state index in [0.29, 0.717) is 23.4 Å². The van der Waals surface area contributed by atoms with Gasteiger partial charge in [0, 0.05) is 42.4 Å². The summed E-state index contributed by atoms with van der Waals surface area (Å²) in [6.07, 6.45) is 0. The summed E-state index contributed by atoms with van der Waals surface area (Å²) in [7, 11) is 1.59. The van der Waals surface area contributed by atoms with E-state index in [1.807, 2.05) is 0 Å². The molecule has 6 nitrogen and oxygen atoms in total. The van der Waals surface area contributed by atoms with Crippen LogP contribution in [0.2, 0.25) is 0 Å². The number of halogens is 4. The number of urea groups is 1. The van der Waals surface area contributed by atoms with Crippen molar-refractivity contribution < 1.29 is 32.3 Å². The fourth-order valence-corrected chi connectivity index (χ4v) is 3.96. The molecule has 1 aliphatic heterocycles. The zero-order chi connectivity index (χ0) is 25.4. The summed E-state index contributed by atoms with van der Waals surface area (Å²) in [4.78, 5) is 28.5. The van der Waals surface area contributed by atoms with Gasteiger partial charge in [-0.2, -0.15) is 0 Å². The van der Waals surface area contributed by atoms with E-state index in [9.17, 15) is 32.3 Å². The predicted molar refractivity (Wildman–Crippen MR) is 120 cm³/mol. The molecule has 4 rings (SSSR count). The van der Waals surface area contributed by atoms with Crippen LogP contribution in [0.15, 0.2) is 48.5 Å². The molecule has 3 aromatic rings. The number of aromatic hydroxyl groups is 1. The molecule has 0 radical (unpaired) electrons. The number of carbonyl (C=O) groups excluding carboxylic acids is 2. The average Bonchev–Trinajstić information content (AvgIpc) is 2.81. The van der Waals surface area contributed by atoms with Crippen molar-refractivity contribution in [3.05, 3.63) is 94.1 Å². The second-order valence-electron chi connectivity index (χ2n) is 8.24. The summed E-state index contributed by atoms with van der Waals surface area (Å²) in [5.74, 6) is -4.79. The fourth-order valence-electron chi connectivity index (χ4n) is 3.96. The van der Waals surface area contributed by atoms with Crippen molar-refractivity contribution in [1.29, 1.82) is 0 Å². The van der Waals surface area contributed by atoms with E-state index in [4.69, 9.17) is 0 Å². The highest BCUT2D eigenvalue weighted by Crippen LogP contribution is 2.37. The number of hydrogen-bond donors (Lipinski definition) is 2. The van der Waals surface area contributed by atoms with Crippen molar-refractivity contribution in [3.63, 3.8) is 0 Å². The van der Waals surface area contributed by atoms with Crippen LogP contribution in [0.3, 0.4) is 0 Å². The topological polar surface area (TPSA) is 72.9 Å². The molecule has 2 N–H and O–H groups in total. The molecule has 3 aromatic carbocycles. The van der Waals surface area contributed by atoms with Gasteiger partial charge in [0.15, 0.2) is 0 Å². The SMILES string of the molecule is CC1c2ccc(C(=O)NCc3c(F)cc(F)cc3F)cc2N(Cc2cc(O)ccc2F)C(=O)N1C. The van der Waals surface area contributed by atoms with Crippen molar-refractivity contribution >= 4 is 17.6 Å². The monoisotopic (exact) mass is 487 g/mol. The Bertz CT molecular complexity index is 1310. The lowest BCUT2D eigenvalue weighted by Gasteiger charge is -2.39. The maximum Gasteiger partial charge on any atom is 0.325 e. The standard InChI is InChI=1S/C25H21F4N3O3/c1-13-18-5-3-14(24(34)30-11-19-21(28)9-16(26)10-22(19)29)8-23(18)32(25(35)31(13)2)12-15-7-17(33)4-6-20(15)27/h3-10,13,33H,11-12H2,1-2H3,(H,30,34). The van der Waals surface area contributed by atoms with E-state index in [-0.39, 0.29) is 29.5 Å². The molecular formula is C25H21F4N3O3. The average molecular weight is 487 g/mol. The van der Waals surface area contributed by atoms with Crippen molar-refractivity contribution in [3.8, 4) is 5.75 Å². The van der Waals surface area contributed by atoms with E-state index in [2.05, 4.69) is 5.32 Å². The molecule has 1 unspecified atom stereocenters. The summed E-state index contributed by atoms with van der Waals surface area (Å²) in [6, 6.07) is 8.31. The van der Waals surface area contributed by atoms with Gasteiger partial charge in [-0.25, -0.2) is 22.4 Å². The van der Waals surface area contributed by atoms with Gasteiger partial charge in [-0.15, -0.1) is 0 Å². The third-order valence-electron chi connectivity index (χ3n) is 6.04. The van der Waals surface area contributed by atoms with Crippen LogP contribution in [0.25, 0.3) is 0 Å². The highest BCUT2D eigenvalue weighted by atomic mass is 19.1. The Morgan fingerprint density at radius 1 is 1.00 bits per heavy atom. The van der Waals surface area contributed by atoms with Crippen LogP contribution < -0.4 is 10.2 Å². The van der Waals surface area contributed by atoms with Crippen molar-refractivity contribution in [1.82, 2.24) is 10.2 Å². The van der Waals surface area contributed by atoms with E-state index in [1.165, 1.54) is 34.1 Å². The number of carbonyl (C=O) groups is 2. The molecule has 0 aliphatic carbocycles. The largest absolute Gasteiger partial charge is 0.508 e. The maximum atomic E-state index is 14.3. The van der Waals surface area contributed by atoms with Crippen LogP contribution in [0, 0.1) is 23.3 Å². The van der Waals surface area contributed by atoms with E-state index < -0.39 is 47.3 Å². The first-order chi connectivity index (χ1) is 16.6. The van der Waals surface area contributed by atoms with Crippen molar-refractivity contribution in [2.24, 2.45) is 0 Å². The molecule has 0 spiro atoms. The highest BCUT2D eigenvalue weighted by molar-refractivity contribution is 5.99. The molecular weight excluding hydrogens is 466 g/mol. The minimum absolute atomic E-state index is 0.0735. The minimum atomic E-state index is -1.13. The third-order valence-corrected chi connectivity index (χ3v) is 6.04. The number of hydrogen-bond acceptors (Lipinski definition) is 3. The molecule has 3 amide bonds. The van der Waals surface area contributed by atoms with Gasteiger partial charge in [0.2, 0.25) is 0 Å². The summed E-state index contributed by atoms with van der Waals surface area (Å²) in [6.45, 7) is 1.06. The predicted octanol–water partition coefficient (Wildman–Crippen LogP) is 5.01. The molecule has 0 saturated heterocycles. The molecule has 0 bridgehead atoms. The van der Waals surface area contributed by atoms with Gasteiger partial charge in [0.05, 0.1) is 18.3 Å². The second-order valence-corrected chi connectivity index (χ2v) is 8.24. The molecule has 0 fully saturated rings. The number of nitrogens with one attached hydrogen (secondary N) is 1. The van der Waals surface area contributed by atoms with Gasteiger partial charge >= 0.3 is 6.03 Å². The third kappa shape index (κ3) is 4.64. The van der Waals surface area contributed by atoms with Crippen LogP contribution in [-0.4, -0.2) is 29.0 Å². The quantitative estimate of drug-likeness (QED) is 0.497. The number of phenols is 1. The van der Waals surface area contributed by atoms with Gasteiger partial charge in [-0.3, -0.25) is 9.69 Å². The Kier molecular flexibility index (Phi) is 6.38. The first kappa shape index (κ1) is 24.1. The first-order valence-corrected chi connectivity index (χ1v) is 10.6. The number of anilines is 1. The molecule has 35 heavy (non-hydrogen) atoms. The van der Waals surface area contributed by atoms with E-state index in [0.717, 1.165) is 6.07 Å². The number of phenolic OH excluding ortho intramolecular Hbond substituents is 1. The number of benzene rings is 3. The molecule has 10 heteroatoms. The van der Waals surface area contributed by atoms with Gasteiger partial charge in [0.25, 0.3) is 5.91 Å². The van der Waals surface area contributed by atoms with Gasteiger partial charge < -0.3 is 15.3 Å². The lowest BCUT2D eigenvalue weighted by atomic mass is 9.98. The molecule has 1 atom stereocenters. The normalized spacial score (nSPS) is 15.3. The number of fused-ring (bicyclic) bond motifs is 1. The van der Waals surface area contributed by atoms with Gasteiger partial charge in [0.1, 0.15) is 29.0 Å². The number of nitrogens with zero attached hydrogens (tertiary/aromatic N) is 2. The Hall–Kier alpha value is -4.08. The van der Waals surface area contributed by atoms with Gasteiger partial charge in [-0.05, 0) is 42.8 Å². The Labute approximate surface area is 198 Å². The number of rotatable bonds is 5. The summed E-state index contributed by atoms with van der Waals surface area (Å²) in [5.41, 5.74) is 0.723. The van der Waals surface area contributed by atoms with Crippen LogP contribution in [0.5, 0.6) is 5.75 Å². The van der Waals surface area contributed by atoms with Crippen LogP contribution in [-0.2, 0) is 13.1 Å². The van der Waals surface area contributed by atoms with Crippen LogP contribution in [0.1, 0.15) is 40.0 Å². The zero-order valence-corrected chi connectivity index (χ0v) is 18.8. The minimum Gasteiger partial charge on any atom is -0.508 e. The molecule has 1 heterocycles. The van der Waals surface area contributed by atoms with Crippen LogP contribution in [0.4, 0.5) is 28.0 Å². The summed E-state index contributed by atoms with van der Waals surface area (Å²) < 4.78 is 55.3. The van der Waals surface area contributed by atoms with Crippen molar-refractivity contribution in [2.45, 2.75) is 26.1 Å². The Morgan fingerprint density at radius 3 is 2.37 bits per heavy atom. The molecule has 182 valence electrons.